The molecule has 0 unspecified atom stereocenters. The van der Waals surface area contributed by atoms with Crippen LogP contribution in [-0.2, 0) is 0 Å². The predicted molar refractivity (Wildman–Crippen MR) is 95.0 cm³/mol. The number of hydrogen-bond donors (Lipinski definition) is 2. The highest BCUT2D eigenvalue weighted by molar-refractivity contribution is 7.22. The quantitative estimate of drug-likeness (QED) is 0.380. The van der Waals surface area contributed by atoms with Gasteiger partial charge in [-0.1, -0.05) is 36.8 Å². The van der Waals surface area contributed by atoms with Gasteiger partial charge in [-0.15, -0.1) is 0 Å². The first-order valence-electron chi connectivity index (χ1n) is 7.55. The van der Waals surface area contributed by atoms with Crippen molar-refractivity contribution in [3.63, 3.8) is 0 Å². The molecular weight excluding hydrogens is 328 g/mol. The predicted octanol–water partition coefficient (Wildman–Crippen LogP) is 3.95. The van der Waals surface area contributed by atoms with Gasteiger partial charge < -0.3 is 10.6 Å². The highest BCUT2D eigenvalue weighted by Crippen LogP contribution is 2.33. The highest BCUT2D eigenvalue weighted by Gasteiger charge is 2.23. The number of nitrogens with zero attached hydrogens (tertiary/aromatic N) is 4. The van der Waals surface area contributed by atoms with Crippen LogP contribution < -0.4 is 10.6 Å². The lowest BCUT2D eigenvalue weighted by molar-refractivity contribution is -0.383. The van der Waals surface area contributed by atoms with Gasteiger partial charge in [0.1, 0.15) is 6.33 Å². The van der Waals surface area contributed by atoms with Crippen molar-refractivity contribution in [2.45, 2.75) is 19.8 Å². The number of nitro groups is 1. The maximum atomic E-state index is 11.5. The van der Waals surface area contributed by atoms with Crippen molar-refractivity contribution < 1.29 is 4.92 Å². The number of rotatable bonds is 7. The first kappa shape index (κ1) is 16.1. The van der Waals surface area contributed by atoms with Crippen molar-refractivity contribution in [2.75, 3.05) is 17.2 Å². The molecule has 0 aliphatic heterocycles. The van der Waals surface area contributed by atoms with Crippen LogP contribution in [-0.4, -0.2) is 26.4 Å². The molecule has 0 amide bonds. The summed E-state index contributed by atoms with van der Waals surface area (Å²) >= 11 is 1.41. The molecule has 124 valence electrons. The molecule has 8 nitrogen and oxygen atoms in total. The summed E-state index contributed by atoms with van der Waals surface area (Å²) in [5.41, 5.74) is 0.663. The fraction of sp³-hybridized carbons (Fsp3) is 0.267. The molecule has 1 aromatic carbocycles. The number of hydrogen-bond acceptors (Lipinski definition) is 8. The molecule has 0 atom stereocenters. The van der Waals surface area contributed by atoms with Crippen LogP contribution in [0, 0.1) is 10.1 Å². The summed E-state index contributed by atoms with van der Waals surface area (Å²) in [5, 5.41) is 18.0. The van der Waals surface area contributed by atoms with E-state index in [1.54, 1.807) is 0 Å². The number of aromatic nitrogens is 3. The van der Waals surface area contributed by atoms with E-state index in [2.05, 4.69) is 32.5 Å². The van der Waals surface area contributed by atoms with E-state index in [0.717, 1.165) is 23.1 Å². The largest absolute Gasteiger partial charge is 0.364 e. The lowest BCUT2D eigenvalue weighted by Crippen LogP contribution is -2.09. The van der Waals surface area contributed by atoms with Gasteiger partial charge in [0.15, 0.2) is 5.13 Å². The van der Waals surface area contributed by atoms with Gasteiger partial charge in [-0.2, -0.15) is 0 Å². The first-order chi connectivity index (χ1) is 11.7. The molecular formula is C15H16N6O2S. The minimum Gasteiger partial charge on any atom is -0.364 e. The number of unbranched alkanes of at least 4 members (excludes halogenated alkanes) is 1. The summed E-state index contributed by atoms with van der Waals surface area (Å²) < 4.78 is 0.998. The van der Waals surface area contributed by atoms with Crippen molar-refractivity contribution in [3.05, 3.63) is 40.7 Å². The molecule has 9 heteroatoms. The Balaban J connectivity index is 1.91. The number of anilines is 3. The summed E-state index contributed by atoms with van der Waals surface area (Å²) in [6.45, 7) is 2.67. The van der Waals surface area contributed by atoms with Gasteiger partial charge in [0.2, 0.25) is 11.6 Å². The van der Waals surface area contributed by atoms with Crippen LogP contribution >= 0.6 is 11.3 Å². The second-order valence-electron chi connectivity index (χ2n) is 5.07. The van der Waals surface area contributed by atoms with Crippen LogP contribution in [0.1, 0.15) is 19.8 Å². The molecule has 3 rings (SSSR count). The normalized spacial score (nSPS) is 10.7. The summed E-state index contributed by atoms with van der Waals surface area (Å²) in [4.78, 5) is 23.4. The fourth-order valence-corrected chi connectivity index (χ4v) is 3.05. The van der Waals surface area contributed by atoms with E-state index >= 15 is 0 Å². The van der Waals surface area contributed by atoms with E-state index in [1.807, 2.05) is 24.3 Å². The summed E-state index contributed by atoms with van der Waals surface area (Å²) in [5.74, 6) is 0.347. The molecule has 0 saturated carbocycles. The van der Waals surface area contributed by atoms with E-state index in [1.165, 1.54) is 17.7 Å². The Labute approximate surface area is 142 Å². The summed E-state index contributed by atoms with van der Waals surface area (Å²) in [7, 11) is 0. The Bertz CT molecular complexity index is 833. The molecule has 0 saturated heterocycles. The Morgan fingerprint density at radius 3 is 2.79 bits per heavy atom. The fourth-order valence-electron chi connectivity index (χ4n) is 2.18. The van der Waals surface area contributed by atoms with Gasteiger partial charge in [-0.05, 0) is 18.6 Å². The molecule has 0 fully saturated rings. The third kappa shape index (κ3) is 3.40. The monoisotopic (exact) mass is 344 g/mol. The number of thiazole rings is 1. The Morgan fingerprint density at radius 1 is 1.25 bits per heavy atom. The van der Waals surface area contributed by atoms with Gasteiger partial charge in [-0.25, -0.2) is 15.0 Å². The molecule has 24 heavy (non-hydrogen) atoms. The van der Waals surface area contributed by atoms with Crippen LogP contribution in [0.25, 0.3) is 10.2 Å². The molecule has 2 heterocycles. The summed E-state index contributed by atoms with van der Waals surface area (Å²) in [6.07, 6.45) is 3.20. The van der Waals surface area contributed by atoms with Crippen molar-refractivity contribution >= 4 is 44.0 Å². The van der Waals surface area contributed by atoms with Crippen LogP contribution in [0.2, 0.25) is 0 Å². The SMILES string of the molecule is CCCCNc1ncnc(Nc2nc3ccccc3s2)c1[N+](=O)[O-]. The lowest BCUT2D eigenvalue weighted by atomic mass is 10.3. The standard InChI is InChI=1S/C15H16N6O2S/c1-2-3-8-16-13-12(21(22)23)14(18-9-17-13)20-15-19-10-6-4-5-7-11(10)24-15/h4-7,9H,2-3,8H2,1H3,(H2,16,17,18,19,20). The Hall–Kier alpha value is -2.81. The van der Waals surface area contributed by atoms with Crippen molar-refractivity contribution in [1.82, 2.24) is 15.0 Å². The average molecular weight is 344 g/mol. The van der Waals surface area contributed by atoms with Crippen LogP contribution in [0.15, 0.2) is 30.6 Å². The van der Waals surface area contributed by atoms with Crippen LogP contribution in [0.3, 0.4) is 0 Å². The second kappa shape index (κ2) is 7.18. The van der Waals surface area contributed by atoms with Gasteiger partial charge in [0.05, 0.1) is 15.1 Å². The zero-order chi connectivity index (χ0) is 16.9. The molecule has 3 aromatic rings. The van der Waals surface area contributed by atoms with Gasteiger partial charge in [0.25, 0.3) is 0 Å². The van der Waals surface area contributed by atoms with Gasteiger partial charge >= 0.3 is 5.69 Å². The topological polar surface area (TPSA) is 106 Å². The van der Waals surface area contributed by atoms with E-state index in [9.17, 15) is 10.1 Å². The third-order valence-corrected chi connectivity index (χ3v) is 4.30. The third-order valence-electron chi connectivity index (χ3n) is 3.35. The molecule has 0 spiro atoms. The maximum Gasteiger partial charge on any atom is 0.353 e. The second-order valence-corrected chi connectivity index (χ2v) is 6.10. The minimum atomic E-state index is -0.482. The smallest absolute Gasteiger partial charge is 0.353 e. The molecule has 0 aliphatic carbocycles. The van der Waals surface area contributed by atoms with Gasteiger partial charge in [-0.3, -0.25) is 10.1 Å². The van der Waals surface area contributed by atoms with Crippen molar-refractivity contribution in [3.8, 4) is 0 Å². The highest BCUT2D eigenvalue weighted by atomic mass is 32.1. The Morgan fingerprint density at radius 2 is 2.04 bits per heavy atom. The molecule has 2 N–H and O–H groups in total. The number of nitrogens with one attached hydrogen (secondary N) is 2. The van der Waals surface area contributed by atoms with E-state index in [4.69, 9.17) is 0 Å². The molecule has 2 aromatic heterocycles. The molecule has 0 bridgehead atoms. The van der Waals surface area contributed by atoms with E-state index < -0.39 is 4.92 Å². The first-order valence-corrected chi connectivity index (χ1v) is 8.36. The summed E-state index contributed by atoms with van der Waals surface area (Å²) in [6, 6.07) is 7.66. The number of para-hydroxylation sites is 1. The number of benzene rings is 1. The van der Waals surface area contributed by atoms with Crippen molar-refractivity contribution in [1.29, 1.82) is 0 Å². The zero-order valence-electron chi connectivity index (χ0n) is 13.0. The van der Waals surface area contributed by atoms with Crippen molar-refractivity contribution in [2.24, 2.45) is 0 Å². The maximum absolute atomic E-state index is 11.5. The minimum absolute atomic E-state index is 0.132. The number of fused-ring (bicyclic) bond motifs is 1. The van der Waals surface area contributed by atoms with Gasteiger partial charge in [0, 0.05) is 6.54 Å². The van der Waals surface area contributed by atoms with E-state index in [-0.39, 0.29) is 17.3 Å². The average Bonchev–Trinajstić information content (AvgIpc) is 2.97. The van der Waals surface area contributed by atoms with Crippen LogP contribution in [0.4, 0.5) is 22.5 Å². The molecule has 0 radical (unpaired) electrons. The zero-order valence-corrected chi connectivity index (χ0v) is 13.8. The van der Waals surface area contributed by atoms with Crippen LogP contribution in [0.5, 0.6) is 0 Å². The Kier molecular flexibility index (Phi) is 4.80. The van der Waals surface area contributed by atoms with E-state index in [0.29, 0.717) is 11.7 Å². The lowest BCUT2D eigenvalue weighted by Gasteiger charge is -2.08. The molecule has 0 aliphatic rings.